The highest BCUT2D eigenvalue weighted by Gasteiger charge is 2.34. The van der Waals surface area contributed by atoms with Crippen molar-refractivity contribution in [2.45, 2.75) is 32.6 Å². The summed E-state index contributed by atoms with van der Waals surface area (Å²) in [4.78, 5) is 0. The molecule has 0 spiro atoms. The second-order valence-corrected chi connectivity index (χ2v) is 4.83. The first-order chi connectivity index (χ1) is 7.63. The van der Waals surface area contributed by atoms with E-state index in [0.717, 1.165) is 12.2 Å². The first-order valence-electron chi connectivity index (χ1n) is 5.93. The van der Waals surface area contributed by atoms with Gasteiger partial charge in [-0.2, -0.15) is 0 Å². The van der Waals surface area contributed by atoms with Gasteiger partial charge in [-0.15, -0.1) is 0 Å². The number of hydrogen-bond donors (Lipinski definition) is 2. The van der Waals surface area contributed by atoms with Crippen LogP contribution in [-0.2, 0) is 0 Å². The van der Waals surface area contributed by atoms with Gasteiger partial charge in [0.2, 0.25) is 0 Å². The Morgan fingerprint density at radius 1 is 1.38 bits per heavy atom. The SMILES string of the molecule is CCC1(CNc2cc(N)cc(F)c2)CCC1. The summed E-state index contributed by atoms with van der Waals surface area (Å²) in [6.07, 6.45) is 5.06. The van der Waals surface area contributed by atoms with Gasteiger partial charge in [0, 0.05) is 17.9 Å². The number of hydrogen-bond acceptors (Lipinski definition) is 2. The summed E-state index contributed by atoms with van der Waals surface area (Å²) in [6, 6.07) is 4.62. The Labute approximate surface area is 96.0 Å². The number of halogens is 1. The summed E-state index contributed by atoms with van der Waals surface area (Å²) < 4.78 is 13.1. The molecule has 2 nitrogen and oxygen atoms in total. The Morgan fingerprint density at radius 3 is 2.62 bits per heavy atom. The summed E-state index contributed by atoms with van der Waals surface area (Å²) in [5, 5.41) is 3.30. The molecule has 0 heterocycles. The molecule has 1 aromatic carbocycles. The Kier molecular flexibility index (Phi) is 3.03. The van der Waals surface area contributed by atoms with Gasteiger partial charge in [-0.25, -0.2) is 4.39 Å². The monoisotopic (exact) mass is 222 g/mol. The fourth-order valence-corrected chi connectivity index (χ4v) is 2.34. The van der Waals surface area contributed by atoms with Crippen LogP contribution in [0, 0.1) is 11.2 Å². The number of benzene rings is 1. The summed E-state index contributed by atoms with van der Waals surface area (Å²) in [7, 11) is 0. The molecule has 1 fully saturated rings. The zero-order chi connectivity index (χ0) is 11.6. The fraction of sp³-hybridized carbons (Fsp3) is 0.538. The molecule has 3 N–H and O–H groups in total. The van der Waals surface area contributed by atoms with Crippen molar-refractivity contribution in [2.24, 2.45) is 5.41 Å². The topological polar surface area (TPSA) is 38.0 Å². The van der Waals surface area contributed by atoms with E-state index in [1.165, 1.54) is 37.8 Å². The molecule has 0 amide bonds. The van der Waals surface area contributed by atoms with Crippen molar-refractivity contribution >= 4 is 11.4 Å². The third-order valence-corrected chi connectivity index (χ3v) is 3.75. The summed E-state index contributed by atoms with van der Waals surface area (Å²) >= 11 is 0. The van der Waals surface area contributed by atoms with E-state index in [1.54, 1.807) is 6.07 Å². The first kappa shape index (κ1) is 11.2. The highest BCUT2D eigenvalue weighted by molar-refractivity contribution is 5.54. The molecule has 0 unspecified atom stereocenters. The van der Waals surface area contributed by atoms with E-state index >= 15 is 0 Å². The predicted molar refractivity (Wildman–Crippen MR) is 65.9 cm³/mol. The van der Waals surface area contributed by atoms with Crippen LogP contribution < -0.4 is 11.1 Å². The molecule has 1 aromatic rings. The number of rotatable bonds is 4. The lowest BCUT2D eigenvalue weighted by atomic mass is 9.67. The molecule has 2 rings (SSSR count). The van der Waals surface area contributed by atoms with Crippen LogP contribution in [0.5, 0.6) is 0 Å². The molecule has 3 heteroatoms. The van der Waals surface area contributed by atoms with Gasteiger partial charge in [-0.1, -0.05) is 13.3 Å². The maximum Gasteiger partial charge on any atom is 0.127 e. The van der Waals surface area contributed by atoms with E-state index in [4.69, 9.17) is 5.73 Å². The van der Waals surface area contributed by atoms with Gasteiger partial charge in [0.25, 0.3) is 0 Å². The molecule has 0 saturated heterocycles. The van der Waals surface area contributed by atoms with Crippen LogP contribution in [0.15, 0.2) is 18.2 Å². The van der Waals surface area contributed by atoms with Crippen molar-refractivity contribution in [3.8, 4) is 0 Å². The quantitative estimate of drug-likeness (QED) is 0.766. The Morgan fingerprint density at radius 2 is 2.12 bits per heavy atom. The van der Waals surface area contributed by atoms with Crippen LogP contribution in [0.25, 0.3) is 0 Å². The van der Waals surface area contributed by atoms with Gasteiger partial charge >= 0.3 is 0 Å². The molecular formula is C13H19FN2. The lowest BCUT2D eigenvalue weighted by Crippen LogP contribution is -2.35. The number of nitrogens with one attached hydrogen (secondary N) is 1. The minimum atomic E-state index is -0.276. The zero-order valence-corrected chi connectivity index (χ0v) is 9.72. The van der Waals surface area contributed by atoms with E-state index in [0.29, 0.717) is 11.1 Å². The van der Waals surface area contributed by atoms with Crippen LogP contribution in [0.4, 0.5) is 15.8 Å². The molecule has 0 aromatic heterocycles. The normalized spacial score (nSPS) is 17.9. The largest absolute Gasteiger partial charge is 0.399 e. The third kappa shape index (κ3) is 2.29. The molecule has 16 heavy (non-hydrogen) atoms. The standard InChI is InChI=1S/C13H19FN2/c1-2-13(4-3-5-13)9-16-12-7-10(14)6-11(15)8-12/h6-8,16H,2-5,9,15H2,1H3. The average Bonchev–Trinajstić information content (AvgIpc) is 2.15. The van der Waals surface area contributed by atoms with Crippen LogP contribution in [0.3, 0.4) is 0 Å². The third-order valence-electron chi connectivity index (χ3n) is 3.75. The van der Waals surface area contributed by atoms with Crippen molar-refractivity contribution < 1.29 is 4.39 Å². The minimum absolute atomic E-state index is 0.276. The van der Waals surface area contributed by atoms with E-state index in [1.807, 2.05) is 0 Å². The van der Waals surface area contributed by atoms with Crippen LogP contribution in [0.1, 0.15) is 32.6 Å². The van der Waals surface area contributed by atoms with Crippen molar-refractivity contribution in [3.63, 3.8) is 0 Å². The second-order valence-electron chi connectivity index (χ2n) is 4.83. The van der Waals surface area contributed by atoms with Gasteiger partial charge in [0.1, 0.15) is 5.82 Å². The van der Waals surface area contributed by atoms with Gasteiger partial charge in [-0.3, -0.25) is 0 Å². The molecule has 1 aliphatic rings. The fourth-order valence-electron chi connectivity index (χ4n) is 2.34. The number of nitrogen functional groups attached to an aromatic ring is 1. The highest BCUT2D eigenvalue weighted by atomic mass is 19.1. The smallest absolute Gasteiger partial charge is 0.127 e. The van der Waals surface area contributed by atoms with Crippen molar-refractivity contribution in [1.29, 1.82) is 0 Å². The van der Waals surface area contributed by atoms with E-state index in [2.05, 4.69) is 12.2 Å². The van der Waals surface area contributed by atoms with Gasteiger partial charge in [-0.05, 0) is 42.9 Å². The number of nitrogens with two attached hydrogens (primary N) is 1. The molecule has 1 aliphatic carbocycles. The van der Waals surface area contributed by atoms with Crippen molar-refractivity contribution in [3.05, 3.63) is 24.0 Å². The van der Waals surface area contributed by atoms with Crippen LogP contribution in [0.2, 0.25) is 0 Å². The highest BCUT2D eigenvalue weighted by Crippen LogP contribution is 2.43. The Hall–Kier alpha value is -1.25. The maximum absolute atomic E-state index is 13.1. The molecule has 0 atom stereocenters. The zero-order valence-electron chi connectivity index (χ0n) is 9.72. The molecular weight excluding hydrogens is 203 g/mol. The summed E-state index contributed by atoms with van der Waals surface area (Å²) in [6.45, 7) is 3.15. The molecule has 0 bridgehead atoms. The molecule has 88 valence electrons. The van der Waals surface area contributed by atoms with Crippen molar-refractivity contribution in [2.75, 3.05) is 17.6 Å². The lowest BCUT2D eigenvalue weighted by molar-refractivity contribution is 0.145. The molecule has 1 saturated carbocycles. The van der Waals surface area contributed by atoms with E-state index in [-0.39, 0.29) is 5.82 Å². The van der Waals surface area contributed by atoms with Gasteiger partial charge < -0.3 is 11.1 Å². The lowest BCUT2D eigenvalue weighted by Gasteiger charge is -2.41. The summed E-state index contributed by atoms with van der Waals surface area (Å²) in [5.41, 5.74) is 7.29. The molecule has 0 radical (unpaired) electrons. The minimum Gasteiger partial charge on any atom is -0.399 e. The van der Waals surface area contributed by atoms with Gasteiger partial charge in [0.05, 0.1) is 0 Å². The van der Waals surface area contributed by atoms with Crippen molar-refractivity contribution in [1.82, 2.24) is 0 Å². The second kappa shape index (κ2) is 4.32. The molecule has 0 aliphatic heterocycles. The van der Waals surface area contributed by atoms with E-state index in [9.17, 15) is 4.39 Å². The van der Waals surface area contributed by atoms with E-state index < -0.39 is 0 Å². The summed E-state index contributed by atoms with van der Waals surface area (Å²) in [5.74, 6) is -0.276. The first-order valence-corrected chi connectivity index (χ1v) is 5.93. The van der Waals surface area contributed by atoms with Crippen LogP contribution >= 0.6 is 0 Å². The van der Waals surface area contributed by atoms with Gasteiger partial charge in [0.15, 0.2) is 0 Å². The Bertz CT molecular complexity index is 346. The van der Waals surface area contributed by atoms with Crippen LogP contribution in [-0.4, -0.2) is 6.54 Å². The maximum atomic E-state index is 13.1. The average molecular weight is 222 g/mol. The number of anilines is 2. The Balaban J connectivity index is 1.98. The predicted octanol–water partition coefficient (Wildman–Crippen LogP) is 3.40.